The second-order valence-corrected chi connectivity index (χ2v) is 3.45. The van der Waals surface area contributed by atoms with Crippen LogP contribution in [0.1, 0.15) is 38.9 Å². The van der Waals surface area contributed by atoms with Crippen molar-refractivity contribution in [1.29, 1.82) is 0 Å². The van der Waals surface area contributed by atoms with Crippen LogP contribution in [-0.4, -0.2) is 15.6 Å². The van der Waals surface area contributed by atoms with Crippen molar-refractivity contribution in [3.8, 4) is 0 Å². The van der Waals surface area contributed by atoms with E-state index in [-0.39, 0.29) is 6.04 Å². The SMILES string of the molecule is CCC(c1nccn1CC)C(C)N. The molecule has 0 amide bonds. The lowest BCUT2D eigenvalue weighted by molar-refractivity contribution is 0.499. The minimum absolute atomic E-state index is 0.178. The molecule has 2 unspecified atom stereocenters. The average molecular weight is 181 g/mol. The Morgan fingerprint density at radius 1 is 1.54 bits per heavy atom. The predicted molar refractivity (Wildman–Crippen MR) is 54.6 cm³/mol. The van der Waals surface area contributed by atoms with Crippen LogP contribution in [-0.2, 0) is 6.54 Å². The van der Waals surface area contributed by atoms with Gasteiger partial charge in [0.15, 0.2) is 0 Å². The van der Waals surface area contributed by atoms with Gasteiger partial charge in [0.2, 0.25) is 0 Å². The van der Waals surface area contributed by atoms with Gasteiger partial charge in [-0.25, -0.2) is 4.98 Å². The normalized spacial score (nSPS) is 15.7. The van der Waals surface area contributed by atoms with Crippen molar-refractivity contribution in [2.75, 3.05) is 0 Å². The van der Waals surface area contributed by atoms with Crippen LogP contribution < -0.4 is 5.73 Å². The topological polar surface area (TPSA) is 43.8 Å². The number of imidazole rings is 1. The second-order valence-electron chi connectivity index (χ2n) is 3.45. The molecular weight excluding hydrogens is 162 g/mol. The molecule has 2 atom stereocenters. The zero-order chi connectivity index (χ0) is 9.84. The Labute approximate surface area is 80.0 Å². The summed E-state index contributed by atoms with van der Waals surface area (Å²) in [6.45, 7) is 7.29. The molecule has 0 saturated heterocycles. The summed E-state index contributed by atoms with van der Waals surface area (Å²) in [5.41, 5.74) is 5.91. The first-order valence-corrected chi connectivity index (χ1v) is 4.97. The van der Waals surface area contributed by atoms with E-state index in [0.29, 0.717) is 5.92 Å². The summed E-state index contributed by atoms with van der Waals surface area (Å²) in [4.78, 5) is 4.36. The molecule has 0 aliphatic rings. The van der Waals surface area contributed by atoms with E-state index >= 15 is 0 Å². The summed E-state index contributed by atoms with van der Waals surface area (Å²) in [6.07, 6.45) is 4.92. The van der Waals surface area contributed by atoms with Crippen LogP contribution in [0.15, 0.2) is 12.4 Å². The van der Waals surface area contributed by atoms with Gasteiger partial charge in [-0.1, -0.05) is 6.92 Å². The fourth-order valence-corrected chi connectivity index (χ4v) is 1.71. The second kappa shape index (κ2) is 4.42. The Morgan fingerprint density at radius 2 is 2.23 bits per heavy atom. The maximum Gasteiger partial charge on any atom is 0.113 e. The van der Waals surface area contributed by atoms with Crippen molar-refractivity contribution in [3.63, 3.8) is 0 Å². The van der Waals surface area contributed by atoms with Gasteiger partial charge in [0.05, 0.1) is 0 Å². The van der Waals surface area contributed by atoms with Crippen molar-refractivity contribution in [2.45, 2.75) is 45.7 Å². The summed E-state index contributed by atoms with van der Waals surface area (Å²) < 4.78 is 2.16. The number of aryl methyl sites for hydroxylation is 1. The zero-order valence-electron chi connectivity index (χ0n) is 8.70. The summed E-state index contributed by atoms with van der Waals surface area (Å²) in [6, 6.07) is 0.178. The van der Waals surface area contributed by atoms with E-state index in [4.69, 9.17) is 5.73 Å². The highest BCUT2D eigenvalue weighted by atomic mass is 15.1. The Bertz CT molecular complexity index is 252. The van der Waals surface area contributed by atoms with Crippen molar-refractivity contribution < 1.29 is 0 Å². The largest absolute Gasteiger partial charge is 0.335 e. The highest BCUT2D eigenvalue weighted by Gasteiger charge is 2.18. The van der Waals surface area contributed by atoms with Gasteiger partial charge in [0.25, 0.3) is 0 Å². The van der Waals surface area contributed by atoms with Crippen molar-refractivity contribution in [1.82, 2.24) is 9.55 Å². The third kappa shape index (κ3) is 2.10. The maximum atomic E-state index is 5.91. The molecule has 74 valence electrons. The molecule has 3 nitrogen and oxygen atoms in total. The molecule has 1 rings (SSSR count). The highest BCUT2D eigenvalue weighted by molar-refractivity contribution is 5.03. The van der Waals surface area contributed by atoms with Crippen LogP contribution in [0.25, 0.3) is 0 Å². The molecule has 1 aromatic rings. The molecule has 0 aromatic carbocycles. The van der Waals surface area contributed by atoms with Crippen LogP contribution in [0, 0.1) is 0 Å². The summed E-state index contributed by atoms with van der Waals surface area (Å²) >= 11 is 0. The summed E-state index contributed by atoms with van der Waals surface area (Å²) in [7, 11) is 0. The lowest BCUT2D eigenvalue weighted by Gasteiger charge is -2.19. The number of nitrogens with zero attached hydrogens (tertiary/aromatic N) is 2. The highest BCUT2D eigenvalue weighted by Crippen LogP contribution is 2.20. The van der Waals surface area contributed by atoms with Gasteiger partial charge >= 0.3 is 0 Å². The van der Waals surface area contributed by atoms with E-state index < -0.39 is 0 Å². The van der Waals surface area contributed by atoms with Crippen LogP contribution in [0.2, 0.25) is 0 Å². The quantitative estimate of drug-likeness (QED) is 0.769. The molecule has 0 spiro atoms. The van der Waals surface area contributed by atoms with Gasteiger partial charge in [-0.2, -0.15) is 0 Å². The molecule has 0 aliphatic heterocycles. The standard InChI is InChI=1S/C10H19N3/c1-4-9(8(3)11)10-12-6-7-13(10)5-2/h6-9H,4-5,11H2,1-3H3. The van der Waals surface area contributed by atoms with Gasteiger partial charge in [0, 0.05) is 30.9 Å². The number of nitrogens with two attached hydrogens (primary N) is 1. The Morgan fingerprint density at radius 3 is 2.69 bits per heavy atom. The number of hydrogen-bond acceptors (Lipinski definition) is 2. The van der Waals surface area contributed by atoms with E-state index in [9.17, 15) is 0 Å². The molecule has 2 N–H and O–H groups in total. The number of aromatic nitrogens is 2. The number of hydrogen-bond donors (Lipinski definition) is 1. The summed E-state index contributed by atoms with van der Waals surface area (Å²) in [5, 5.41) is 0. The lowest BCUT2D eigenvalue weighted by Crippen LogP contribution is -2.26. The van der Waals surface area contributed by atoms with Crippen molar-refractivity contribution in [2.24, 2.45) is 5.73 Å². The van der Waals surface area contributed by atoms with Crippen molar-refractivity contribution >= 4 is 0 Å². The zero-order valence-corrected chi connectivity index (χ0v) is 8.70. The van der Waals surface area contributed by atoms with E-state index in [0.717, 1.165) is 18.8 Å². The van der Waals surface area contributed by atoms with Gasteiger partial charge in [-0.15, -0.1) is 0 Å². The minimum atomic E-state index is 0.178. The molecule has 1 heterocycles. The average Bonchev–Trinajstić information content (AvgIpc) is 2.53. The van der Waals surface area contributed by atoms with E-state index in [1.807, 2.05) is 19.3 Å². The Balaban J connectivity index is 2.90. The fourth-order valence-electron chi connectivity index (χ4n) is 1.71. The van der Waals surface area contributed by atoms with Crippen LogP contribution in [0.5, 0.6) is 0 Å². The molecular formula is C10H19N3. The predicted octanol–water partition coefficient (Wildman–Crippen LogP) is 1.74. The monoisotopic (exact) mass is 181 g/mol. The molecule has 0 aliphatic carbocycles. The minimum Gasteiger partial charge on any atom is -0.335 e. The van der Waals surface area contributed by atoms with Gasteiger partial charge < -0.3 is 10.3 Å². The molecule has 1 aromatic heterocycles. The number of rotatable bonds is 4. The molecule has 0 saturated carbocycles. The van der Waals surface area contributed by atoms with Crippen LogP contribution in [0.4, 0.5) is 0 Å². The summed E-state index contributed by atoms with van der Waals surface area (Å²) in [5.74, 6) is 1.51. The lowest BCUT2D eigenvalue weighted by atomic mass is 9.98. The molecule has 0 fully saturated rings. The van der Waals surface area contributed by atoms with Gasteiger partial charge in [-0.05, 0) is 20.3 Å². The first kappa shape index (κ1) is 10.3. The third-order valence-corrected chi connectivity index (χ3v) is 2.49. The molecule has 3 heteroatoms. The maximum absolute atomic E-state index is 5.91. The van der Waals surface area contributed by atoms with Crippen LogP contribution >= 0.6 is 0 Å². The van der Waals surface area contributed by atoms with E-state index in [1.54, 1.807) is 0 Å². The first-order valence-electron chi connectivity index (χ1n) is 4.97. The fraction of sp³-hybridized carbons (Fsp3) is 0.700. The van der Waals surface area contributed by atoms with E-state index in [2.05, 4.69) is 23.4 Å². The van der Waals surface area contributed by atoms with Crippen molar-refractivity contribution in [3.05, 3.63) is 18.2 Å². The van der Waals surface area contributed by atoms with E-state index in [1.165, 1.54) is 0 Å². The van der Waals surface area contributed by atoms with Gasteiger partial charge in [-0.3, -0.25) is 0 Å². The molecule has 13 heavy (non-hydrogen) atoms. The smallest absolute Gasteiger partial charge is 0.113 e. The molecule has 0 bridgehead atoms. The van der Waals surface area contributed by atoms with Crippen LogP contribution in [0.3, 0.4) is 0 Å². The van der Waals surface area contributed by atoms with Gasteiger partial charge in [0.1, 0.15) is 5.82 Å². The Hall–Kier alpha value is -0.830. The third-order valence-electron chi connectivity index (χ3n) is 2.49. The molecule has 0 radical (unpaired) electrons. The first-order chi connectivity index (χ1) is 6.20. The Kier molecular flexibility index (Phi) is 3.48.